The summed E-state index contributed by atoms with van der Waals surface area (Å²) in [5.74, 6) is -1.63. The fourth-order valence-corrected chi connectivity index (χ4v) is 6.74. The molecule has 5 rings (SSSR count). The number of amides is 1. The number of hydrogen-bond donors (Lipinski definition) is 1. The highest BCUT2D eigenvalue weighted by atomic mass is 28.3. The van der Waals surface area contributed by atoms with Gasteiger partial charge < -0.3 is 24.1 Å². The molecule has 1 amide bonds. The zero-order chi connectivity index (χ0) is 31.3. The van der Waals surface area contributed by atoms with Gasteiger partial charge in [-0.2, -0.15) is 0 Å². The number of nitrogens with zero attached hydrogens (tertiary/aromatic N) is 2. The Morgan fingerprint density at radius 3 is 2.53 bits per heavy atom. The van der Waals surface area contributed by atoms with Gasteiger partial charge in [0.2, 0.25) is 5.60 Å². The van der Waals surface area contributed by atoms with Gasteiger partial charge in [-0.05, 0) is 51.3 Å². The molecule has 4 heterocycles. The lowest BCUT2D eigenvalue weighted by Gasteiger charge is -2.35. The molecule has 10 nitrogen and oxygen atoms in total. The summed E-state index contributed by atoms with van der Waals surface area (Å²) in [6.45, 7) is 13.4. The van der Waals surface area contributed by atoms with Crippen LogP contribution in [-0.2, 0) is 49.0 Å². The summed E-state index contributed by atoms with van der Waals surface area (Å²) in [5.41, 5.74) is 1.96. The zero-order valence-electron chi connectivity index (χ0n) is 25.9. The van der Waals surface area contributed by atoms with E-state index < -0.39 is 43.9 Å². The summed E-state index contributed by atoms with van der Waals surface area (Å²) in [7, 11) is -1.37. The van der Waals surface area contributed by atoms with E-state index in [1.807, 2.05) is 18.2 Å². The number of pyridine rings is 2. The van der Waals surface area contributed by atoms with Gasteiger partial charge in [-0.15, -0.1) is 0 Å². The number of nitrogens with one attached hydrogen (secondary N) is 1. The Bertz CT molecular complexity index is 1700. The number of benzene rings is 1. The number of para-hydroxylation sites is 1. The molecular weight excluding hydrogens is 566 g/mol. The van der Waals surface area contributed by atoms with Crippen LogP contribution in [-0.4, -0.2) is 47.8 Å². The van der Waals surface area contributed by atoms with E-state index in [0.29, 0.717) is 23.5 Å². The highest BCUT2D eigenvalue weighted by Crippen LogP contribution is 2.42. The maximum atomic E-state index is 14.0. The van der Waals surface area contributed by atoms with Crippen LogP contribution in [0.4, 0.5) is 4.79 Å². The topological polar surface area (TPSA) is 126 Å². The molecule has 1 atom stereocenters. The first-order valence-corrected chi connectivity index (χ1v) is 18.4. The van der Waals surface area contributed by atoms with Gasteiger partial charge in [0.1, 0.15) is 18.8 Å². The van der Waals surface area contributed by atoms with Crippen molar-refractivity contribution >= 4 is 37.0 Å². The molecule has 0 saturated carbocycles. The van der Waals surface area contributed by atoms with E-state index in [-0.39, 0.29) is 24.2 Å². The number of carbonyl (C=O) groups excluding carboxylic acids is 3. The maximum Gasteiger partial charge on any atom is 0.408 e. The number of aryl methyl sites for hydroxylation is 1. The Kier molecular flexibility index (Phi) is 7.74. The van der Waals surface area contributed by atoms with Crippen molar-refractivity contribution in [3.05, 3.63) is 62.9 Å². The minimum atomic E-state index is -1.85. The quantitative estimate of drug-likeness (QED) is 0.177. The van der Waals surface area contributed by atoms with E-state index in [1.54, 1.807) is 38.3 Å². The molecule has 43 heavy (non-hydrogen) atoms. The summed E-state index contributed by atoms with van der Waals surface area (Å²) >= 11 is 0. The van der Waals surface area contributed by atoms with Gasteiger partial charge in [0.05, 0.1) is 29.0 Å². The number of hydrogen-bond acceptors (Lipinski definition) is 8. The number of cyclic esters (lactones) is 1. The third kappa shape index (κ3) is 5.82. The van der Waals surface area contributed by atoms with Crippen LogP contribution in [0.2, 0.25) is 25.7 Å². The maximum absolute atomic E-state index is 14.0. The molecular formula is C32H39N3O7Si. The second-order valence-corrected chi connectivity index (χ2v) is 19.0. The number of fused-ring (bicyclic) bond motifs is 5. The molecule has 1 N–H and O–H groups in total. The van der Waals surface area contributed by atoms with Crippen molar-refractivity contribution in [3.8, 4) is 11.4 Å². The van der Waals surface area contributed by atoms with Gasteiger partial charge in [0.15, 0.2) is 0 Å². The van der Waals surface area contributed by atoms with Gasteiger partial charge in [0, 0.05) is 24.6 Å². The van der Waals surface area contributed by atoms with Crippen LogP contribution in [0.15, 0.2) is 35.1 Å². The Labute approximate surface area is 251 Å². The molecule has 0 bridgehead atoms. The normalized spacial score (nSPS) is 17.5. The molecule has 1 aromatic carbocycles. The molecule has 0 aliphatic carbocycles. The van der Waals surface area contributed by atoms with E-state index in [0.717, 1.165) is 28.9 Å². The van der Waals surface area contributed by atoms with Crippen molar-refractivity contribution < 1.29 is 28.6 Å². The first kappa shape index (κ1) is 30.5. The molecule has 0 radical (unpaired) electrons. The average molecular weight is 606 g/mol. The van der Waals surface area contributed by atoms with Crippen LogP contribution in [0.25, 0.3) is 22.3 Å². The summed E-state index contributed by atoms with van der Waals surface area (Å²) in [6, 6.07) is 10.8. The summed E-state index contributed by atoms with van der Waals surface area (Å²) in [6.07, 6.45) is 0.114. The van der Waals surface area contributed by atoms with Gasteiger partial charge in [-0.1, -0.05) is 50.8 Å². The third-order valence-corrected chi connectivity index (χ3v) is 9.62. The molecule has 1 unspecified atom stereocenters. The molecule has 0 spiro atoms. The van der Waals surface area contributed by atoms with Crippen LogP contribution in [0.3, 0.4) is 0 Å². The van der Waals surface area contributed by atoms with Crippen molar-refractivity contribution in [1.29, 1.82) is 0 Å². The Morgan fingerprint density at radius 2 is 1.86 bits per heavy atom. The lowest BCUT2D eigenvalue weighted by Crippen LogP contribution is -2.49. The zero-order valence-corrected chi connectivity index (χ0v) is 26.9. The van der Waals surface area contributed by atoms with Gasteiger partial charge in [-0.25, -0.2) is 14.6 Å². The SMILES string of the molecule is CCC1(OC(=O)CNC(=O)OC(C)(C)C)C(=O)OCc2c1cc1n(c2=O)Cc2c-1nc1ccccc1c2CC[Si](C)(C)C. The predicted octanol–water partition coefficient (Wildman–Crippen LogP) is 5.04. The first-order chi connectivity index (χ1) is 20.1. The third-order valence-electron chi connectivity index (χ3n) is 7.87. The highest BCUT2D eigenvalue weighted by Gasteiger charge is 2.50. The molecule has 2 aromatic heterocycles. The molecule has 3 aromatic rings. The molecule has 2 aliphatic heterocycles. The standard InChI is InChI=1S/C32H39N3O7Si/c1-8-32(41-26(36)16-33-30(39)42-31(2,3)4)23-15-25-27-21(17-35(25)28(37)22(23)18-40-29(32)38)19(13-14-43(5,6)7)20-11-9-10-12-24(20)34-27/h9-12,15H,8,13-14,16-18H2,1-7H3,(H,33,39). The van der Waals surface area contributed by atoms with Crippen molar-refractivity contribution in [2.45, 2.75) is 90.6 Å². The van der Waals surface area contributed by atoms with E-state index in [9.17, 15) is 19.2 Å². The summed E-state index contributed by atoms with van der Waals surface area (Å²) in [5, 5.41) is 3.44. The number of alkyl carbamates (subject to hydrolysis) is 1. The van der Waals surface area contributed by atoms with Gasteiger partial charge in [-0.3, -0.25) is 9.59 Å². The monoisotopic (exact) mass is 605 g/mol. The van der Waals surface area contributed by atoms with Crippen LogP contribution in [0, 0.1) is 0 Å². The van der Waals surface area contributed by atoms with Crippen LogP contribution in [0.5, 0.6) is 0 Å². The number of ether oxygens (including phenoxy) is 3. The number of esters is 2. The van der Waals surface area contributed by atoms with Crippen molar-refractivity contribution in [2.24, 2.45) is 0 Å². The van der Waals surface area contributed by atoms with Crippen LogP contribution in [0.1, 0.15) is 56.4 Å². The lowest BCUT2D eigenvalue weighted by molar-refractivity contribution is -0.188. The van der Waals surface area contributed by atoms with Crippen molar-refractivity contribution in [2.75, 3.05) is 6.54 Å². The molecule has 2 aliphatic rings. The van der Waals surface area contributed by atoms with E-state index >= 15 is 0 Å². The van der Waals surface area contributed by atoms with E-state index in [2.05, 4.69) is 31.0 Å². The second-order valence-electron chi connectivity index (χ2n) is 13.4. The largest absolute Gasteiger partial charge is 0.457 e. The smallest absolute Gasteiger partial charge is 0.408 e. The first-order valence-electron chi connectivity index (χ1n) is 14.7. The number of aromatic nitrogens is 2. The molecule has 11 heteroatoms. The fraction of sp³-hybridized carbons (Fsp3) is 0.469. The highest BCUT2D eigenvalue weighted by molar-refractivity contribution is 6.76. The lowest BCUT2D eigenvalue weighted by atomic mass is 9.85. The minimum absolute atomic E-state index is 0.0272. The van der Waals surface area contributed by atoms with Gasteiger partial charge in [0.25, 0.3) is 5.56 Å². The minimum Gasteiger partial charge on any atom is -0.457 e. The molecule has 228 valence electrons. The van der Waals surface area contributed by atoms with Gasteiger partial charge >= 0.3 is 18.0 Å². The summed E-state index contributed by atoms with van der Waals surface area (Å²) < 4.78 is 18.1. The van der Waals surface area contributed by atoms with E-state index in [1.165, 1.54) is 5.56 Å². The van der Waals surface area contributed by atoms with Crippen LogP contribution >= 0.6 is 0 Å². The van der Waals surface area contributed by atoms with Crippen LogP contribution < -0.4 is 10.9 Å². The molecule has 0 fully saturated rings. The number of rotatable bonds is 7. The Morgan fingerprint density at radius 1 is 1.14 bits per heavy atom. The average Bonchev–Trinajstić information content (AvgIpc) is 3.29. The van der Waals surface area contributed by atoms with E-state index in [4.69, 9.17) is 19.2 Å². The number of carbonyl (C=O) groups is 3. The van der Waals surface area contributed by atoms with Crippen molar-refractivity contribution in [3.63, 3.8) is 0 Å². The Hall–Kier alpha value is -3.99. The second kappa shape index (κ2) is 10.9. The van der Waals surface area contributed by atoms with Crippen molar-refractivity contribution in [1.82, 2.24) is 14.9 Å². The Balaban J connectivity index is 1.57. The fourth-order valence-electron chi connectivity index (χ4n) is 5.74. The summed E-state index contributed by atoms with van der Waals surface area (Å²) in [4.78, 5) is 57.3. The predicted molar refractivity (Wildman–Crippen MR) is 164 cm³/mol. The molecule has 0 saturated heterocycles.